The monoisotopic (exact) mass is 259 g/mol. The van der Waals surface area contributed by atoms with E-state index in [0.717, 1.165) is 30.2 Å². The van der Waals surface area contributed by atoms with Gasteiger partial charge in [0.1, 0.15) is 0 Å². The van der Waals surface area contributed by atoms with Crippen molar-refractivity contribution in [3.05, 3.63) is 39.7 Å². The molecule has 4 heteroatoms. The number of benzene rings is 1. The lowest BCUT2D eigenvalue weighted by Crippen LogP contribution is -2.17. The molecule has 18 heavy (non-hydrogen) atoms. The van der Waals surface area contributed by atoms with Crippen molar-refractivity contribution >= 4 is 11.3 Å². The highest BCUT2D eigenvalue weighted by Gasteiger charge is 2.12. The summed E-state index contributed by atoms with van der Waals surface area (Å²) < 4.78 is 0. The number of hydrogen-bond donors (Lipinski definition) is 2. The normalized spacial score (nSPS) is 15.7. The first-order chi connectivity index (χ1) is 8.72. The van der Waals surface area contributed by atoms with E-state index in [1.54, 1.807) is 11.3 Å². The second kappa shape index (κ2) is 4.80. The van der Waals surface area contributed by atoms with Gasteiger partial charge in [-0.25, -0.2) is 4.98 Å². The molecule has 0 spiro atoms. The summed E-state index contributed by atoms with van der Waals surface area (Å²) in [6, 6.07) is 6.79. The molecule has 1 aromatic heterocycles. The van der Waals surface area contributed by atoms with Gasteiger partial charge in [-0.15, -0.1) is 11.3 Å². The highest BCUT2D eigenvalue weighted by Crippen LogP contribution is 2.26. The molecule has 0 aliphatic carbocycles. The van der Waals surface area contributed by atoms with Gasteiger partial charge in [0.15, 0.2) is 0 Å². The van der Waals surface area contributed by atoms with E-state index in [4.69, 9.17) is 5.73 Å². The van der Waals surface area contributed by atoms with Crippen LogP contribution in [0.2, 0.25) is 0 Å². The van der Waals surface area contributed by atoms with E-state index in [1.165, 1.54) is 16.7 Å². The average Bonchev–Trinajstić information content (AvgIpc) is 2.95. The molecule has 0 radical (unpaired) electrons. The molecule has 0 fully saturated rings. The Hall–Kier alpha value is -1.23. The fourth-order valence-corrected chi connectivity index (χ4v) is 3.21. The SMILES string of the molecule is CC(N)Cc1nc(-c2ccc3c(c2)CNC3)cs1. The van der Waals surface area contributed by atoms with E-state index in [2.05, 4.69) is 33.9 Å². The fourth-order valence-electron chi connectivity index (χ4n) is 2.27. The summed E-state index contributed by atoms with van der Waals surface area (Å²) in [5.41, 5.74) is 10.9. The van der Waals surface area contributed by atoms with Crippen LogP contribution in [-0.2, 0) is 19.5 Å². The lowest BCUT2D eigenvalue weighted by atomic mass is 10.1. The Labute approximate surface area is 111 Å². The van der Waals surface area contributed by atoms with Crippen molar-refractivity contribution in [2.45, 2.75) is 32.5 Å². The highest BCUT2D eigenvalue weighted by molar-refractivity contribution is 7.09. The minimum atomic E-state index is 0.174. The van der Waals surface area contributed by atoms with E-state index < -0.39 is 0 Å². The summed E-state index contributed by atoms with van der Waals surface area (Å²) in [6.45, 7) is 3.98. The molecule has 1 aromatic carbocycles. The number of nitrogens with two attached hydrogens (primary N) is 1. The predicted molar refractivity (Wildman–Crippen MR) is 75.4 cm³/mol. The molecule has 0 saturated heterocycles. The van der Waals surface area contributed by atoms with Gasteiger partial charge in [-0.3, -0.25) is 0 Å². The molecule has 0 amide bonds. The first kappa shape index (κ1) is 11.8. The summed E-state index contributed by atoms with van der Waals surface area (Å²) in [7, 11) is 0. The molecular formula is C14H17N3S. The van der Waals surface area contributed by atoms with Gasteiger partial charge in [-0.2, -0.15) is 0 Å². The van der Waals surface area contributed by atoms with Crippen molar-refractivity contribution in [1.82, 2.24) is 10.3 Å². The van der Waals surface area contributed by atoms with Crippen molar-refractivity contribution in [3.63, 3.8) is 0 Å². The van der Waals surface area contributed by atoms with Crippen LogP contribution in [0, 0.1) is 0 Å². The second-order valence-electron chi connectivity index (χ2n) is 4.89. The van der Waals surface area contributed by atoms with Gasteiger partial charge in [0, 0.05) is 36.5 Å². The van der Waals surface area contributed by atoms with E-state index in [0.29, 0.717) is 0 Å². The fraction of sp³-hybridized carbons (Fsp3) is 0.357. The van der Waals surface area contributed by atoms with Crippen LogP contribution >= 0.6 is 11.3 Å². The molecule has 0 bridgehead atoms. The molecular weight excluding hydrogens is 242 g/mol. The number of nitrogens with zero attached hydrogens (tertiary/aromatic N) is 1. The number of rotatable bonds is 3. The largest absolute Gasteiger partial charge is 0.328 e. The van der Waals surface area contributed by atoms with E-state index in [1.807, 2.05) is 6.92 Å². The van der Waals surface area contributed by atoms with Gasteiger partial charge in [0.05, 0.1) is 10.7 Å². The topological polar surface area (TPSA) is 50.9 Å². The minimum absolute atomic E-state index is 0.174. The van der Waals surface area contributed by atoms with Crippen LogP contribution in [0.4, 0.5) is 0 Å². The van der Waals surface area contributed by atoms with Gasteiger partial charge in [0.2, 0.25) is 0 Å². The van der Waals surface area contributed by atoms with Crippen LogP contribution in [0.15, 0.2) is 23.6 Å². The van der Waals surface area contributed by atoms with Crippen LogP contribution in [-0.4, -0.2) is 11.0 Å². The number of thiazole rings is 1. The Bertz CT molecular complexity index is 560. The van der Waals surface area contributed by atoms with Crippen molar-refractivity contribution in [2.75, 3.05) is 0 Å². The van der Waals surface area contributed by atoms with Gasteiger partial charge in [-0.1, -0.05) is 12.1 Å². The summed E-state index contributed by atoms with van der Waals surface area (Å²) in [5.74, 6) is 0. The Morgan fingerprint density at radius 3 is 3.06 bits per heavy atom. The zero-order chi connectivity index (χ0) is 12.5. The first-order valence-electron chi connectivity index (χ1n) is 6.25. The van der Waals surface area contributed by atoms with Gasteiger partial charge in [0.25, 0.3) is 0 Å². The first-order valence-corrected chi connectivity index (χ1v) is 7.13. The van der Waals surface area contributed by atoms with Crippen LogP contribution < -0.4 is 11.1 Å². The van der Waals surface area contributed by atoms with Crippen molar-refractivity contribution in [2.24, 2.45) is 5.73 Å². The quantitative estimate of drug-likeness (QED) is 0.889. The lowest BCUT2D eigenvalue weighted by molar-refractivity contribution is 0.734. The predicted octanol–water partition coefficient (Wildman–Crippen LogP) is 2.30. The Morgan fingerprint density at radius 1 is 1.39 bits per heavy atom. The van der Waals surface area contributed by atoms with Crippen LogP contribution in [0.5, 0.6) is 0 Å². The molecule has 3 nitrogen and oxygen atoms in total. The lowest BCUT2D eigenvalue weighted by Gasteiger charge is -2.02. The van der Waals surface area contributed by atoms with Gasteiger partial charge < -0.3 is 11.1 Å². The maximum atomic E-state index is 5.80. The molecule has 3 N–H and O–H groups in total. The van der Waals surface area contributed by atoms with Crippen molar-refractivity contribution < 1.29 is 0 Å². The summed E-state index contributed by atoms with van der Waals surface area (Å²) in [6.07, 6.45) is 0.858. The van der Waals surface area contributed by atoms with Gasteiger partial charge >= 0.3 is 0 Å². The second-order valence-corrected chi connectivity index (χ2v) is 5.84. The van der Waals surface area contributed by atoms with E-state index in [-0.39, 0.29) is 6.04 Å². The molecule has 1 atom stereocenters. The van der Waals surface area contributed by atoms with E-state index in [9.17, 15) is 0 Å². The molecule has 1 aliphatic heterocycles. The van der Waals surface area contributed by atoms with Crippen LogP contribution in [0.1, 0.15) is 23.1 Å². The van der Waals surface area contributed by atoms with Crippen LogP contribution in [0.3, 0.4) is 0 Å². The maximum absolute atomic E-state index is 5.80. The standard InChI is InChI=1S/C14H17N3S/c1-9(15)4-14-17-13(8-18-14)10-2-3-11-6-16-7-12(11)5-10/h2-3,5,8-9,16H,4,6-7,15H2,1H3. The van der Waals surface area contributed by atoms with E-state index >= 15 is 0 Å². The maximum Gasteiger partial charge on any atom is 0.0947 e. The van der Waals surface area contributed by atoms with Gasteiger partial charge in [-0.05, 0) is 24.1 Å². The zero-order valence-electron chi connectivity index (χ0n) is 10.4. The number of fused-ring (bicyclic) bond motifs is 1. The number of hydrogen-bond acceptors (Lipinski definition) is 4. The minimum Gasteiger partial charge on any atom is -0.328 e. The third-order valence-electron chi connectivity index (χ3n) is 3.18. The molecule has 2 aromatic rings. The Morgan fingerprint density at radius 2 is 2.22 bits per heavy atom. The molecule has 0 saturated carbocycles. The molecule has 3 rings (SSSR count). The third-order valence-corrected chi connectivity index (χ3v) is 4.05. The molecule has 2 heterocycles. The van der Waals surface area contributed by atoms with Crippen molar-refractivity contribution in [1.29, 1.82) is 0 Å². The Balaban J connectivity index is 1.88. The third kappa shape index (κ3) is 2.32. The summed E-state index contributed by atoms with van der Waals surface area (Å²) in [5, 5.41) is 6.61. The highest BCUT2D eigenvalue weighted by atomic mass is 32.1. The Kier molecular flexibility index (Phi) is 3.16. The molecule has 1 unspecified atom stereocenters. The number of nitrogens with one attached hydrogen (secondary N) is 1. The van der Waals surface area contributed by atoms with Crippen LogP contribution in [0.25, 0.3) is 11.3 Å². The smallest absolute Gasteiger partial charge is 0.0947 e. The number of aromatic nitrogens is 1. The summed E-state index contributed by atoms with van der Waals surface area (Å²) in [4.78, 5) is 4.66. The molecule has 1 aliphatic rings. The van der Waals surface area contributed by atoms with Crippen molar-refractivity contribution in [3.8, 4) is 11.3 Å². The molecule has 94 valence electrons. The average molecular weight is 259 g/mol. The summed E-state index contributed by atoms with van der Waals surface area (Å²) >= 11 is 1.70. The zero-order valence-corrected chi connectivity index (χ0v) is 11.3.